The Balaban J connectivity index is 1.81. The van der Waals surface area contributed by atoms with Crippen molar-refractivity contribution in [2.24, 2.45) is 11.8 Å². The molecule has 1 heterocycles. The zero-order valence-electron chi connectivity index (χ0n) is 13.6. The number of ether oxygens (including phenoxy) is 2. The molecule has 1 aliphatic heterocycles. The largest absolute Gasteiger partial charge is 0.381 e. The summed E-state index contributed by atoms with van der Waals surface area (Å²) in [4.78, 5) is 0. The highest BCUT2D eigenvalue weighted by molar-refractivity contribution is 5.25. The molecule has 0 saturated carbocycles. The molecule has 2 rings (SSSR count). The quantitative estimate of drug-likeness (QED) is 0.798. The first-order valence-electron chi connectivity index (χ1n) is 8.10. The Labute approximate surface area is 129 Å². The fourth-order valence-corrected chi connectivity index (χ4v) is 2.77. The van der Waals surface area contributed by atoms with Gasteiger partial charge in [0.15, 0.2) is 0 Å². The molecule has 1 N–H and O–H groups in total. The van der Waals surface area contributed by atoms with Gasteiger partial charge in [-0.2, -0.15) is 0 Å². The van der Waals surface area contributed by atoms with Crippen molar-refractivity contribution in [2.75, 3.05) is 33.5 Å². The minimum absolute atomic E-state index is 0.264. The lowest BCUT2D eigenvalue weighted by molar-refractivity contribution is 0.0758. The Morgan fingerprint density at radius 3 is 2.62 bits per heavy atom. The van der Waals surface area contributed by atoms with Crippen molar-refractivity contribution < 1.29 is 9.47 Å². The van der Waals surface area contributed by atoms with Crippen LogP contribution in [0.3, 0.4) is 0 Å². The second-order valence-corrected chi connectivity index (χ2v) is 6.45. The molecule has 0 aliphatic carbocycles. The van der Waals surface area contributed by atoms with Crippen molar-refractivity contribution >= 4 is 0 Å². The molecule has 0 aromatic heterocycles. The number of likely N-dealkylation sites (N-methyl/N-ethyl adjacent to an activating group) is 1. The molecule has 0 radical (unpaired) electrons. The van der Waals surface area contributed by atoms with E-state index >= 15 is 0 Å². The van der Waals surface area contributed by atoms with Crippen LogP contribution in [-0.4, -0.2) is 33.5 Å². The maximum absolute atomic E-state index is 5.88. The number of hydrogen-bond acceptors (Lipinski definition) is 3. The van der Waals surface area contributed by atoms with Crippen molar-refractivity contribution in [3.05, 3.63) is 35.4 Å². The lowest BCUT2D eigenvalue weighted by Crippen LogP contribution is -2.23. The van der Waals surface area contributed by atoms with Gasteiger partial charge < -0.3 is 14.8 Å². The van der Waals surface area contributed by atoms with Gasteiger partial charge in [-0.15, -0.1) is 0 Å². The van der Waals surface area contributed by atoms with E-state index in [0.29, 0.717) is 11.8 Å². The van der Waals surface area contributed by atoms with Gasteiger partial charge in [0.05, 0.1) is 25.9 Å². The van der Waals surface area contributed by atoms with E-state index in [2.05, 4.69) is 43.4 Å². The third kappa shape index (κ3) is 5.42. The molecule has 118 valence electrons. The van der Waals surface area contributed by atoms with Crippen LogP contribution in [-0.2, 0) is 15.9 Å². The molecule has 0 spiro atoms. The molecule has 0 amide bonds. The SMILES string of the molecule is CNC(COCC1CCOC1)c1ccc(CC(C)C)cc1. The second kappa shape index (κ2) is 8.52. The average Bonchev–Trinajstić information content (AvgIpc) is 2.97. The number of benzene rings is 1. The van der Waals surface area contributed by atoms with Crippen molar-refractivity contribution in [2.45, 2.75) is 32.7 Å². The Morgan fingerprint density at radius 1 is 1.29 bits per heavy atom. The van der Waals surface area contributed by atoms with Crippen molar-refractivity contribution in [3.63, 3.8) is 0 Å². The molecule has 3 heteroatoms. The maximum atomic E-state index is 5.88. The third-order valence-corrected chi connectivity index (χ3v) is 4.04. The number of hydrogen-bond donors (Lipinski definition) is 1. The van der Waals surface area contributed by atoms with Gasteiger partial charge >= 0.3 is 0 Å². The van der Waals surface area contributed by atoms with E-state index in [1.165, 1.54) is 11.1 Å². The number of rotatable bonds is 8. The van der Waals surface area contributed by atoms with Crippen LogP contribution in [0.2, 0.25) is 0 Å². The Bertz CT molecular complexity index is 396. The summed E-state index contributed by atoms with van der Waals surface area (Å²) in [5, 5.41) is 3.35. The minimum Gasteiger partial charge on any atom is -0.381 e. The Morgan fingerprint density at radius 2 is 2.05 bits per heavy atom. The lowest BCUT2D eigenvalue weighted by atomic mass is 9.99. The van der Waals surface area contributed by atoms with Gasteiger partial charge in [0.1, 0.15) is 0 Å². The normalized spacial score (nSPS) is 20.1. The molecule has 21 heavy (non-hydrogen) atoms. The van der Waals surface area contributed by atoms with Crippen molar-refractivity contribution in [3.8, 4) is 0 Å². The molecule has 1 fully saturated rings. The van der Waals surface area contributed by atoms with Gasteiger partial charge in [-0.1, -0.05) is 38.1 Å². The summed E-state index contributed by atoms with van der Waals surface area (Å²) in [6, 6.07) is 9.19. The van der Waals surface area contributed by atoms with E-state index in [1.807, 2.05) is 7.05 Å². The highest BCUT2D eigenvalue weighted by atomic mass is 16.5. The third-order valence-electron chi connectivity index (χ3n) is 4.04. The van der Waals surface area contributed by atoms with E-state index in [-0.39, 0.29) is 6.04 Å². The van der Waals surface area contributed by atoms with E-state index < -0.39 is 0 Å². The Hall–Kier alpha value is -0.900. The van der Waals surface area contributed by atoms with Crippen LogP contribution >= 0.6 is 0 Å². The highest BCUT2D eigenvalue weighted by Gasteiger charge is 2.17. The maximum Gasteiger partial charge on any atom is 0.0661 e. The molecule has 2 unspecified atom stereocenters. The first-order chi connectivity index (χ1) is 10.2. The molecule has 1 saturated heterocycles. The summed E-state index contributed by atoms with van der Waals surface area (Å²) in [5.74, 6) is 1.28. The van der Waals surface area contributed by atoms with Gasteiger partial charge in [-0.3, -0.25) is 0 Å². The fourth-order valence-electron chi connectivity index (χ4n) is 2.77. The molecule has 2 atom stereocenters. The second-order valence-electron chi connectivity index (χ2n) is 6.45. The predicted molar refractivity (Wildman–Crippen MR) is 86.5 cm³/mol. The topological polar surface area (TPSA) is 30.5 Å². The molecule has 1 aliphatic rings. The van der Waals surface area contributed by atoms with Crippen LogP contribution in [0.1, 0.15) is 37.4 Å². The van der Waals surface area contributed by atoms with Crippen LogP contribution in [0.15, 0.2) is 24.3 Å². The van der Waals surface area contributed by atoms with E-state index in [0.717, 1.165) is 39.3 Å². The highest BCUT2D eigenvalue weighted by Crippen LogP contribution is 2.18. The zero-order chi connectivity index (χ0) is 15.1. The molecule has 3 nitrogen and oxygen atoms in total. The average molecular weight is 291 g/mol. The van der Waals surface area contributed by atoms with E-state index in [9.17, 15) is 0 Å². The monoisotopic (exact) mass is 291 g/mol. The summed E-state index contributed by atoms with van der Waals surface area (Å²) < 4.78 is 11.3. The van der Waals surface area contributed by atoms with Crippen LogP contribution < -0.4 is 5.32 Å². The smallest absolute Gasteiger partial charge is 0.0661 e. The minimum atomic E-state index is 0.264. The molecule has 1 aromatic rings. The fraction of sp³-hybridized carbons (Fsp3) is 0.667. The lowest BCUT2D eigenvalue weighted by Gasteiger charge is -2.18. The van der Waals surface area contributed by atoms with E-state index in [1.54, 1.807) is 0 Å². The summed E-state index contributed by atoms with van der Waals surface area (Å²) in [6.07, 6.45) is 2.27. The summed E-state index contributed by atoms with van der Waals surface area (Å²) in [5.41, 5.74) is 2.71. The zero-order valence-corrected chi connectivity index (χ0v) is 13.6. The summed E-state index contributed by atoms with van der Waals surface area (Å²) in [6.45, 7) is 7.78. The van der Waals surface area contributed by atoms with Crippen molar-refractivity contribution in [1.82, 2.24) is 5.32 Å². The molecule has 1 aromatic carbocycles. The van der Waals surface area contributed by atoms with Gasteiger partial charge in [-0.05, 0) is 36.9 Å². The summed E-state index contributed by atoms with van der Waals surface area (Å²) in [7, 11) is 1.99. The molecule has 0 bridgehead atoms. The van der Waals surface area contributed by atoms with Gasteiger partial charge in [0.2, 0.25) is 0 Å². The van der Waals surface area contributed by atoms with Gasteiger partial charge in [-0.25, -0.2) is 0 Å². The first kappa shape index (κ1) is 16.5. The predicted octanol–water partition coefficient (Wildman–Crippen LogP) is 3.20. The van der Waals surface area contributed by atoms with Gasteiger partial charge in [0.25, 0.3) is 0 Å². The summed E-state index contributed by atoms with van der Waals surface area (Å²) >= 11 is 0. The molecular weight excluding hydrogens is 262 g/mol. The van der Waals surface area contributed by atoms with Crippen LogP contribution in [0.25, 0.3) is 0 Å². The molecular formula is C18H29NO2. The van der Waals surface area contributed by atoms with E-state index in [4.69, 9.17) is 9.47 Å². The standard InChI is InChI=1S/C18H29NO2/c1-14(2)10-15-4-6-17(7-5-15)18(19-3)13-21-12-16-8-9-20-11-16/h4-7,14,16,18-19H,8-13H2,1-3H3. The van der Waals surface area contributed by atoms with Gasteiger partial charge in [0, 0.05) is 12.5 Å². The van der Waals surface area contributed by atoms with Crippen LogP contribution in [0, 0.1) is 11.8 Å². The van der Waals surface area contributed by atoms with Crippen LogP contribution in [0.4, 0.5) is 0 Å². The Kier molecular flexibility index (Phi) is 6.68. The first-order valence-corrected chi connectivity index (χ1v) is 8.10. The van der Waals surface area contributed by atoms with Crippen molar-refractivity contribution in [1.29, 1.82) is 0 Å². The number of nitrogens with one attached hydrogen (secondary N) is 1. The van der Waals surface area contributed by atoms with Crippen LogP contribution in [0.5, 0.6) is 0 Å².